The zero-order chi connectivity index (χ0) is 14.7. The molecule has 0 atom stereocenters. The second kappa shape index (κ2) is 6.00. The summed E-state index contributed by atoms with van der Waals surface area (Å²) in [6.45, 7) is 6.17. The lowest BCUT2D eigenvalue weighted by molar-refractivity contribution is 0.0990. The Morgan fingerprint density at radius 2 is 2.05 bits per heavy atom. The van der Waals surface area contributed by atoms with Crippen LogP contribution in [0, 0.1) is 6.92 Å². The number of thiazole rings is 1. The summed E-state index contributed by atoms with van der Waals surface area (Å²) in [6, 6.07) is 3.51. The summed E-state index contributed by atoms with van der Waals surface area (Å²) in [7, 11) is 0. The van der Waals surface area contributed by atoms with Gasteiger partial charge in [-0.1, -0.05) is 18.3 Å². The zero-order valence-electron chi connectivity index (χ0n) is 11.7. The molecule has 2 N–H and O–H groups in total. The second-order valence-corrected chi connectivity index (χ2v) is 5.44. The maximum Gasteiger partial charge on any atom is 0.321 e. The number of nitrogens with one attached hydrogen (secondary N) is 2. The zero-order valence-corrected chi connectivity index (χ0v) is 12.6. The van der Waals surface area contributed by atoms with Crippen molar-refractivity contribution in [3.8, 4) is 0 Å². The van der Waals surface area contributed by atoms with Gasteiger partial charge in [-0.05, 0) is 31.5 Å². The van der Waals surface area contributed by atoms with Crippen molar-refractivity contribution in [2.75, 3.05) is 11.9 Å². The maximum absolute atomic E-state index is 12.0. The number of aryl methyl sites for hydroxylation is 1. The number of urea groups is 1. The molecule has 6 heteroatoms. The first-order chi connectivity index (χ1) is 9.55. The quantitative estimate of drug-likeness (QED) is 0.849. The Kier molecular flexibility index (Phi) is 4.34. The van der Waals surface area contributed by atoms with Crippen molar-refractivity contribution in [3.63, 3.8) is 0 Å². The van der Waals surface area contributed by atoms with Crippen LogP contribution >= 0.6 is 11.3 Å². The molecule has 5 nitrogen and oxygen atoms in total. The Bertz CT molecular complexity index is 664. The fourth-order valence-corrected chi connectivity index (χ4v) is 2.90. The highest BCUT2D eigenvalue weighted by molar-refractivity contribution is 7.22. The first-order valence-electron chi connectivity index (χ1n) is 6.54. The molecule has 0 unspecified atom stereocenters. The predicted molar refractivity (Wildman–Crippen MR) is 81.7 cm³/mol. The molecule has 0 saturated heterocycles. The standard InChI is InChI=1S/C14H17N3O2S/c1-4-11(18)9-6-8(3)7-10-12(9)20-14(16-10)17-13(19)15-5-2/h6-7H,4-5H2,1-3H3,(H2,15,16,17,19). The molecule has 1 heterocycles. The van der Waals surface area contributed by atoms with Crippen LogP contribution in [0.15, 0.2) is 12.1 Å². The normalized spacial score (nSPS) is 10.6. The number of carbonyl (C=O) groups excluding carboxylic acids is 2. The van der Waals surface area contributed by atoms with Gasteiger partial charge >= 0.3 is 6.03 Å². The van der Waals surface area contributed by atoms with Gasteiger partial charge in [0.1, 0.15) is 0 Å². The third-order valence-electron chi connectivity index (χ3n) is 2.81. The predicted octanol–water partition coefficient (Wildman–Crippen LogP) is 3.34. The van der Waals surface area contributed by atoms with Crippen molar-refractivity contribution in [2.24, 2.45) is 0 Å². The molecule has 2 aromatic rings. The number of ketones is 1. The number of rotatable bonds is 4. The fraction of sp³-hybridized carbons (Fsp3) is 0.357. The van der Waals surface area contributed by atoms with Crippen LogP contribution in [-0.4, -0.2) is 23.3 Å². The van der Waals surface area contributed by atoms with E-state index in [1.807, 2.05) is 32.9 Å². The number of Topliss-reactive ketones (excluding diaryl/α,β-unsaturated/α-hetero) is 1. The monoisotopic (exact) mass is 291 g/mol. The van der Waals surface area contributed by atoms with Gasteiger partial charge in [-0.15, -0.1) is 0 Å². The molecule has 0 fully saturated rings. The summed E-state index contributed by atoms with van der Waals surface area (Å²) in [5.41, 5.74) is 2.42. The SMILES string of the molecule is CCNC(=O)Nc1nc2cc(C)cc(C(=O)CC)c2s1. The van der Waals surface area contributed by atoms with Crippen LogP contribution in [-0.2, 0) is 0 Å². The number of anilines is 1. The minimum Gasteiger partial charge on any atom is -0.338 e. The average molecular weight is 291 g/mol. The molecule has 1 aromatic carbocycles. The number of fused-ring (bicyclic) bond motifs is 1. The fourth-order valence-electron chi connectivity index (χ4n) is 1.93. The number of nitrogens with zero attached hydrogens (tertiary/aromatic N) is 1. The average Bonchev–Trinajstić information content (AvgIpc) is 2.78. The number of amides is 2. The van der Waals surface area contributed by atoms with Crippen LogP contribution in [0.4, 0.5) is 9.93 Å². The molecule has 0 spiro atoms. The lowest BCUT2D eigenvalue weighted by Gasteiger charge is -2.01. The number of benzene rings is 1. The minimum atomic E-state index is -0.286. The number of hydrogen-bond acceptors (Lipinski definition) is 4. The lowest BCUT2D eigenvalue weighted by Crippen LogP contribution is -2.28. The highest BCUT2D eigenvalue weighted by Crippen LogP contribution is 2.30. The molecule has 0 saturated carbocycles. The molecule has 106 valence electrons. The van der Waals surface area contributed by atoms with E-state index in [1.54, 1.807) is 0 Å². The Morgan fingerprint density at radius 3 is 2.70 bits per heavy atom. The smallest absolute Gasteiger partial charge is 0.321 e. The van der Waals surface area contributed by atoms with Gasteiger partial charge in [0.05, 0.1) is 10.2 Å². The topological polar surface area (TPSA) is 71.1 Å². The second-order valence-electron chi connectivity index (χ2n) is 4.44. The van der Waals surface area contributed by atoms with E-state index in [2.05, 4.69) is 15.6 Å². The highest BCUT2D eigenvalue weighted by Gasteiger charge is 2.14. The molecule has 20 heavy (non-hydrogen) atoms. The van der Waals surface area contributed by atoms with Crippen molar-refractivity contribution in [1.82, 2.24) is 10.3 Å². The number of carbonyl (C=O) groups is 2. The third-order valence-corrected chi connectivity index (χ3v) is 3.83. The number of aromatic nitrogens is 1. The van der Waals surface area contributed by atoms with E-state index in [0.29, 0.717) is 23.7 Å². The van der Waals surface area contributed by atoms with E-state index in [1.165, 1.54) is 11.3 Å². The largest absolute Gasteiger partial charge is 0.338 e. The highest BCUT2D eigenvalue weighted by atomic mass is 32.1. The van der Waals surface area contributed by atoms with E-state index in [-0.39, 0.29) is 11.8 Å². The molecule has 0 aliphatic rings. The van der Waals surface area contributed by atoms with Gasteiger partial charge in [0.2, 0.25) is 0 Å². The van der Waals surface area contributed by atoms with Crippen LogP contribution in [0.3, 0.4) is 0 Å². The molecule has 0 radical (unpaired) electrons. The van der Waals surface area contributed by atoms with E-state index < -0.39 is 0 Å². The summed E-state index contributed by atoms with van der Waals surface area (Å²) in [5, 5.41) is 5.83. The number of hydrogen-bond donors (Lipinski definition) is 2. The van der Waals surface area contributed by atoms with E-state index >= 15 is 0 Å². The molecule has 2 rings (SSSR count). The summed E-state index contributed by atoms with van der Waals surface area (Å²) in [6.07, 6.45) is 0.454. The molecule has 2 amide bonds. The van der Waals surface area contributed by atoms with Crippen LogP contribution in [0.2, 0.25) is 0 Å². The van der Waals surface area contributed by atoms with Gasteiger partial charge < -0.3 is 5.32 Å². The van der Waals surface area contributed by atoms with Crippen LogP contribution < -0.4 is 10.6 Å². The van der Waals surface area contributed by atoms with E-state index in [0.717, 1.165) is 15.8 Å². The summed E-state index contributed by atoms with van der Waals surface area (Å²) < 4.78 is 0.828. The summed E-state index contributed by atoms with van der Waals surface area (Å²) in [5.74, 6) is 0.0897. The van der Waals surface area contributed by atoms with Gasteiger partial charge in [0.25, 0.3) is 0 Å². The van der Waals surface area contributed by atoms with Crippen molar-refractivity contribution in [1.29, 1.82) is 0 Å². The van der Waals surface area contributed by atoms with Crippen LogP contribution in [0.1, 0.15) is 36.2 Å². The van der Waals surface area contributed by atoms with Gasteiger partial charge in [0, 0.05) is 18.5 Å². The molecular formula is C14H17N3O2S. The Labute approximate surface area is 121 Å². The molecule has 1 aromatic heterocycles. The van der Waals surface area contributed by atoms with Crippen molar-refractivity contribution in [2.45, 2.75) is 27.2 Å². The van der Waals surface area contributed by atoms with Gasteiger partial charge in [-0.25, -0.2) is 9.78 Å². The van der Waals surface area contributed by atoms with Crippen molar-refractivity contribution in [3.05, 3.63) is 23.3 Å². The van der Waals surface area contributed by atoms with Gasteiger partial charge in [-0.3, -0.25) is 10.1 Å². The molecule has 0 aliphatic carbocycles. The first kappa shape index (κ1) is 14.5. The summed E-state index contributed by atoms with van der Waals surface area (Å²) >= 11 is 1.33. The third kappa shape index (κ3) is 2.96. The minimum absolute atomic E-state index is 0.0897. The molecule has 0 aliphatic heterocycles. The first-order valence-corrected chi connectivity index (χ1v) is 7.36. The summed E-state index contributed by atoms with van der Waals surface area (Å²) in [4.78, 5) is 27.9. The van der Waals surface area contributed by atoms with Gasteiger partial charge in [-0.2, -0.15) is 0 Å². The lowest BCUT2D eigenvalue weighted by atomic mass is 10.1. The molecular weight excluding hydrogens is 274 g/mol. The van der Waals surface area contributed by atoms with Crippen molar-refractivity contribution >= 4 is 38.5 Å². The van der Waals surface area contributed by atoms with Crippen LogP contribution in [0.25, 0.3) is 10.2 Å². The Balaban J connectivity index is 2.42. The van der Waals surface area contributed by atoms with E-state index in [9.17, 15) is 9.59 Å². The van der Waals surface area contributed by atoms with E-state index in [4.69, 9.17) is 0 Å². The van der Waals surface area contributed by atoms with Gasteiger partial charge in [0.15, 0.2) is 10.9 Å². The Morgan fingerprint density at radius 1 is 1.30 bits per heavy atom. The van der Waals surface area contributed by atoms with Crippen molar-refractivity contribution < 1.29 is 9.59 Å². The van der Waals surface area contributed by atoms with Crippen LogP contribution in [0.5, 0.6) is 0 Å². The Hall–Kier alpha value is -1.95. The molecule has 0 bridgehead atoms. The maximum atomic E-state index is 12.0.